The van der Waals surface area contributed by atoms with E-state index in [9.17, 15) is 17.8 Å². The van der Waals surface area contributed by atoms with E-state index >= 15 is 0 Å². The molecule has 2 heterocycles. The number of hydrogen-bond acceptors (Lipinski definition) is 6. The zero-order chi connectivity index (χ0) is 17.2. The summed E-state index contributed by atoms with van der Waals surface area (Å²) in [7, 11) is -2.13. The minimum atomic E-state index is -3.91. The van der Waals surface area contributed by atoms with Crippen molar-refractivity contribution in [2.45, 2.75) is 20.0 Å². The molecular formula is C15H19N3O4S. The van der Waals surface area contributed by atoms with E-state index in [0.29, 0.717) is 11.6 Å². The molecule has 0 fully saturated rings. The van der Waals surface area contributed by atoms with Crippen LogP contribution in [0.3, 0.4) is 0 Å². The van der Waals surface area contributed by atoms with Crippen LogP contribution < -0.4 is 0 Å². The summed E-state index contributed by atoms with van der Waals surface area (Å²) in [5.41, 5.74) is 0.569. The van der Waals surface area contributed by atoms with Crippen LogP contribution in [0, 0.1) is 17.9 Å². The van der Waals surface area contributed by atoms with Crippen molar-refractivity contribution in [2.24, 2.45) is 16.8 Å². The number of carbonyl (C=O) groups excluding carboxylic acids is 1. The van der Waals surface area contributed by atoms with E-state index in [4.69, 9.17) is 0 Å². The molecule has 0 saturated carbocycles. The smallest absolute Gasteiger partial charge is 0.285 e. The molecule has 23 heavy (non-hydrogen) atoms. The first kappa shape index (κ1) is 17.3. The Morgan fingerprint density at radius 3 is 2.65 bits per heavy atom. The van der Waals surface area contributed by atoms with Gasteiger partial charge in [-0.25, -0.2) is 8.42 Å². The summed E-state index contributed by atoms with van der Waals surface area (Å²) in [4.78, 5) is 16.3. The first-order valence-corrected chi connectivity index (χ1v) is 8.81. The number of rotatable bonds is 1. The number of nitrogens with zero attached hydrogens (tertiary/aromatic N) is 3. The standard InChI is InChI=1S/C13H14N3O.C2H6O3S/c1-9-13(17)15(2)16-8-7-10-5-3-4-6-11(10)12(16)14-9;1-2-6(3,4)5/h3-5,7-8,10-12H,1-2H3;2H2,1H3,(H,3,4,5)/q+1;/p-1. The molecule has 0 N–H and O–H groups in total. The third-order valence-electron chi connectivity index (χ3n) is 3.82. The molecule has 3 unspecified atom stereocenters. The van der Waals surface area contributed by atoms with E-state index in [2.05, 4.69) is 23.2 Å². The zero-order valence-electron chi connectivity index (χ0n) is 13.2. The lowest BCUT2D eigenvalue weighted by atomic mass is 9.83. The fourth-order valence-electron chi connectivity index (χ4n) is 2.50. The molecule has 0 saturated heterocycles. The summed E-state index contributed by atoms with van der Waals surface area (Å²) in [5, 5.41) is 3.51. The fraction of sp³-hybridized carbons (Fsp3) is 0.467. The summed E-state index contributed by atoms with van der Waals surface area (Å²) in [6.07, 6.45) is 13.4. The van der Waals surface area contributed by atoms with E-state index in [1.807, 2.05) is 23.4 Å². The van der Waals surface area contributed by atoms with Crippen LogP contribution in [0.15, 0.2) is 35.5 Å². The second-order valence-corrected chi connectivity index (χ2v) is 7.04. The molecule has 0 radical (unpaired) electrons. The molecule has 3 rings (SSSR count). The van der Waals surface area contributed by atoms with Crippen LogP contribution in [0.5, 0.6) is 0 Å². The Kier molecular flexibility index (Phi) is 4.99. The lowest BCUT2D eigenvalue weighted by molar-refractivity contribution is -0.141. The second kappa shape index (κ2) is 6.62. The van der Waals surface area contributed by atoms with Gasteiger partial charge in [0.05, 0.1) is 28.2 Å². The molecule has 3 atom stereocenters. The highest BCUT2D eigenvalue weighted by atomic mass is 32.2. The maximum Gasteiger partial charge on any atom is 0.285 e. The monoisotopic (exact) mass is 337 g/mol. The summed E-state index contributed by atoms with van der Waals surface area (Å²) in [5.74, 6) is 0.169. The molecule has 0 bridgehead atoms. The Hall–Kier alpha value is -2.02. The van der Waals surface area contributed by atoms with Crippen molar-refractivity contribution >= 4 is 21.7 Å². The molecule has 2 aliphatic heterocycles. The minimum Gasteiger partial charge on any atom is -0.748 e. The van der Waals surface area contributed by atoms with Crippen molar-refractivity contribution in [3.05, 3.63) is 36.6 Å². The van der Waals surface area contributed by atoms with Crippen molar-refractivity contribution in [1.29, 1.82) is 0 Å². The molecule has 1 amide bonds. The largest absolute Gasteiger partial charge is 0.748 e. The zero-order valence-corrected chi connectivity index (χ0v) is 14.0. The van der Waals surface area contributed by atoms with Crippen molar-refractivity contribution < 1.29 is 17.8 Å². The van der Waals surface area contributed by atoms with Crippen molar-refractivity contribution in [3.63, 3.8) is 0 Å². The Labute approximate surface area is 136 Å². The van der Waals surface area contributed by atoms with Crippen molar-refractivity contribution in [3.8, 4) is 0 Å². The van der Waals surface area contributed by atoms with Crippen LogP contribution in [0.2, 0.25) is 0 Å². The molecule has 0 aromatic heterocycles. The molecule has 0 spiro atoms. The average Bonchev–Trinajstić information content (AvgIpc) is 2.52. The van der Waals surface area contributed by atoms with Crippen molar-refractivity contribution in [1.82, 2.24) is 10.0 Å². The number of fused-ring (bicyclic) bond motifs is 3. The molecule has 7 nitrogen and oxygen atoms in total. The number of aliphatic imine (C=N–C) groups is 1. The molecule has 0 aromatic rings. The third kappa shape index (κ3) is 3.85. The Morgan fingerprint density at radius 2 is 2.04 bits per heavy atom. The van der Waals surface area contributed by atoms with Gasteiger partial charge in [-0.05, 0) is 6.92 Å². The molecule has 3 aliphatic rings. The van der Waals surface area contributed by atoms with Crippen LogP contribution >= 0.6 is 0 Å². The van der Waals surface area contributed by atoms with Gasteiger partial charge in [-0.1, -0.05) is 13.0 Å². The quantitative estimate of drug-likeness (QED) is 0.519. The molecule has 0 aromatic carbocycles. The lowest BCUT2D eigenvalue weighted by Crippen LogP contribution is -2.56. The fourth-order valence-corrected chi connectivity index (χ4v) is 2.50. The van der Waals surface area contributed by atoms with Gasteiger partial charge in [0.1, 0.15) is 5.71 Å². The van der Waals surface area contributed by atoms with Crippen molar-refractivity contribution in [2.75, 3.05) is 12.8 Å². The predicted octanol–water partition coefficient (Wildman–Crippen LogP) is 0.703. The minimum absolute atomic E-state index is 0.0420. The van der Waals surface area contributed by atoms with Crippen LogP contribution in [-0.2, 0) is 14.9 Å². The van der Waals surface area contributed by atoms with Gasteiger partial charge in [-0.15, -0.1) is 0 Å². The van der Waals surface area contributed by atoms with Crippen LogP contribution in [0.1, 0.15) is 13.8 Å². The van der Waals surface area contributed by atoms with Gasteiger partial charge in [0.15, 0.2) is 18.2 Å². The molecule has 8 heteroatoms. The maximum absolute atomic E-state index is 11.8. The normalized spacial score (nSPS) is 28.3. The van der Waals surface area contributed by atoms with Gasteiger partial charge in [0.2, 0.25) is 0 Å². The van der Waals surface area contributed by atoms with E-state index in [1.165, 1.54) is 6.92 Å². The highest BCUT2D eigenvalue weighted by Gasteiger charge is 2.43. The van der Waals surface area contributed by atoms with Gasteiger partial charge in [-0.2, -0.15) is 0 Å². The Morgan fingerprint density at radius 1 is 1.39 bits per heavy atom. The first-order valence-electron chi connectivity index (χ1n) is 7.23. The van der Waals surface area contributed by atoms with Gasteiger partial charge in [0.25, 0.3) is 5.91 Å². The summed E-state index contributed by atoms with van der Waals surface area (Å²) < 4.78 is 28.3. The summed E-state index contributed by atoms with van der Waals surface area (Å²) in [6.45, 7) is 3.08. The number of carbonyl (C=O) groups is 1. The number of hydrogen-bond donors (Lipinski definition) is 0. The van der Waals surface area contributed by atoms with E-state index < -0.39 is 10.1 Å². The third-order valence-corrected chi connectivity index (χ3v) is 4.52. The molecule has 124 valence electrons. The average molecular weight is 337 g/mol. The van der Waals surface area contributed by atoms with E-state index in [-0.39, 0.29) is 23.7 Å². The predicted molar refractivity (Wildman–Crippen MR) is 84.8 cm³/mol. The molecular weight excluding hydrogens is 318 g/mol. The topological polar surface area (TPSA) is 93.1 Å². The van der Waals surface area contributed by atoms with Gasteiger partial charge < -0.3 is 4.55 Å². The first-order chi connectivity index (χ1) is 10.7. The number of amides is 1. The van der Waals surface area contributed by atoms with Crippen LogP contribution in [-0.4, -0.2) is 53.6 Å². The van der Waals surface area contributed by atoms with E-state index in [0.717, 1.165) is 0 Å². The van der Waals surface area contributed by atoms with Gasteiger partial charge in [-0.3, -0.25) is 19.8 Å². The highest BCUT2D eigenvalue weighted by Crippen LogP contribution is 2.34. The Balaban J connectivity index is 0.000000277. The summed E-state index contributed by atoms with van der Waals surface area (Å²) >= 11 is 0. The van der Waals surface area contributed by atoms with Crippen LogP contribution in [0.25, 0.3) is 0 Å². The SMILES string of the molecule is CC1=NC2C3[C+]=CC=CC3C=CN2N(C)C1=O.CCS(=O)(=O)[O-]. The second-order valence-electron chi connectivity index (χ2n) is 5.35. The number of hydrazine groups is 1. The number of allylic oxidation sites excluding steroid dienone is 4. The van der Waals surface area contributed by atoms with E-state index in [1.54, 1.807) is 19.0 Å². The molecule has 1 aliphatic carbocycles. The van der Waals surface area contributed by atoms with Gasteiger partial charge in [0, 0.05) is 25.1 Å². The lowest BCUT2D eigenvalue weighted by Gasteiger charge is -2.43. The maximum atomic E-state index is 11.8. The Bertz CT molecular complexity index is 694. The van der Waals surface area contributed by atoms with Gasteiger partial charge >= 0.3 is 0 Å². The summed E-state index contributed by atoms with van der Waals surface area (Å²) in [6, 6.07) is 0. The van der Waals surface area contributed by atoms with Crippen LogP contribution in [0.4, 0.5) is 0 Å². The highest BCUT2D eigenvalue weighted by molar-refractivity contribution is 7.85.